The van der Waals surface area contributed by atoms with Crippen molar-refractivity contribution in [3.05, 3.63) is 12.2 Å². The van der Waals surface area contributed by atoms with Gasteiger partial charge in [-0.2, -0.15) is 5.10 Å². The summed E-state index contributed by atoms with van der Waals surface area (Å²) >= 11 is 0. The second-order valence-electron chi connectivity index (χ2n) is 4.50. The van der Waals surface area contributed by atoms with Crippen molar-refractivity contribution in [2.45, 2.75) is 38.9 Å². The Kier molecular flexibility index (Phi) is 3.02. The molecule has 1 aromatic rings. The number of nitrogens with zero attached hydrogens (tertiary/aromatic N) is 4. The summed E-state index contributed by atoms with van der Waals surface area (Å²) in [5, 5.41) is 4.22. The van der Waals surface area contributed by atoms with Crippen molar-refractivity contribution in [3.63, 3.8) is 0 Å². The van der Waals surface area contributed by atoms with Gasteiger partial charge in [0.05, 0.1) is 6.54 Å². The van der Waals surface area contributed by atoms with Crippen molar-refractivity contribution in [1.29, 1.82) is 0 Å². The molecule has 0 amide bonds. The highest BCUT2D eigenvalue weighted by atomic mass is 15.4. The maximum atomic E-state index is 5.87. The molecule has 1 saturated heterocycles. The van der Waals surface area contributed by atoms with Crippen LogP contribution in [0.5, 0.6) is 0 Å². The molecule has 0 radical (unpaired) electrons. The van der Waals surface area contributed by atoms with E-state index in [0.717, 1.165) is 31.9 Å². The molecule has 2 rings (SSSR count). The first-order chi connectivity index (χ1) is 7.16. The SMILES string of the molecule is CC(C)n1ncnc1CN1CC[C@@H](N)C1. The monoisotopic (exact) mass is 209 g/mol. The standard InChI is InChI=1S/C10H19N5/c1-8(2)15-10(12-7-13-15)6-14-4-3-9(11)5-14/h7-9H,3-6,11H2,1-2H3/t9-/m1/s1. The van der Waals surface area contributed by atoms with Crippen LogP contribution in [0.3, 0.4) is 0 Å². The molecule has 0 aliphatic carbocycles. The van der Waals surface area contributed by atoms with Gasteiger partial charge < -0.3 is 5.73 Å². The van der Waals surface area contributed by atoms with Crippen molar-refractivity contribution in [2.75, 3.05) is 13.1 Å². The molecule has 1 aliphatic heterocycles. The summed E-state index contributed by atoms with van der Waals surface area (Å²) < 4.78 is 1.98. The molecule has 84 valence electrons. The summed E-state index contributed by atoms with van der Waals surface area (Å²) in [7, 11) is 0. The number of hydrogen-bond acceptors (Lipinski definition) is 4. The van der Waals surface area contributed by atoms with E-state index in [-0.39, 0.29) is 0 Å². The van der Waals surface area contributed by atoms with Gasteiger partial charge in [-0.3, -0.25) is 4.90 Å². The van der Waals surface area contributed by atoms with Crippen LogP contribution in [0.15, 0.2) is 6.33 Å². The second-order valence-corrected chi connectivity index (χ2v) is 4.50. The van der Waals surface area contributed by atoms with Crippen LogP contribution in [-0.4, -0.2) is 38.8 Å². The molecule has 1 aromatic heterocycles. The van der Waals surface area contributed by atoms with Crippen LogP contribution in [0.25, 0.3) is 0 Å². The molecule has 2 N–H and O–H groups in total. The smallest absolute Gasteiger partial charge is 0.141 e. The summed E-state index contributed by atoms with van der Waals surface area (Å²) in [6, 6.07) is 0.708. The largest absolute Gasteiger partial charge is 0.326 e. The minimum atomic E-state index is 0.334. The van der Waals surface area contributed by atoms with E-state index in [1.165, 1.54) is 0 Å². The fourth-order valence-electron chi connectivity index (χ4n) is 2.02. The normalized spacial score (nSPS) is 22.8. The van der Waals surface area contributed by atoms with Gasteiger partial charge in [-0.25, -0.2) is 9.67 Å². The Bertz CT molecular complexity index is 319. The van der Waals surface area contributed by atoms with Gasteiger partial charge in [0.15, 0.2) is 0 Å². The Morgan fingerprint density at radius 1 is 1.60 bits per heavy atom. The number of likely N-dealkylation sites (tertiary alicyclic amines) is 1. The quantitative estimate of drug-likeness (QED) is 0.782. The molecule has 2 heterocycles. The zero-order valence-electron chi connectivity index (χ0n) is 9.43. The second kappa shape index (κ2) is 4.28. The van der Waals surface area contributed by atoms with E-state index >= 15 is 0 Å². The van der Waals surface area contributed by atoms with Crippen molar-refractivity contribution < 1.29 is 0 Å². The Labute approximate surface area is 90.3 Å². The van der Waals surface area contributed by atoms with E-state index in [9.17, 15) is 0 Å². The molecule has 0 spiro atoms. The Balaban J connectivity index is 2.01. The van der Waals surface area contributed by atoms with Gasteiger partial charge in [0.25, 0.3) is 0 Å². The molecule has 0 saturated carbocycles. The minimum Gasteiger partial charge on any atom is -0.326 e. The first-order valence-electron chi connectivity index (χ1n) is 5.53. The molecule has 0 aromatic carbocycles. The van der Waals surface area contributed by atoms with Crippen molar-refractivity contribution >= 4 is 0 Å². The third-order valence-corrected chi connectivity index (χ3v) is 2.81. The molecule has 1 atom stereocenters. The number of aromatic nitrogens is 3. The van der Waals surface area contributed by atoms with Crippen LogP contribution in [0.1, 0.15) is 32.1 Å². The van der Waals surface area contributed by atoms with Gasteiger partial charge in [0, 0.05) is 25.2 Å². The van der Waals surface area contributed by atoms with E-state index in [0.29, 0.717) is 12.1 Å². The molecule has 5 heteroatoms. The average Bonchev–Trinajstić information content (AvgIpc) is 2.75. The lowest BCUT2D eigenvalue weighted by atomic mass is 10.3. The topological polar surface area (TPSA) is 60.0 Å². The van der Waals surface area contributed by atoms with Crippen LogP contribution in [0, 0.1) is 0 Å². The van der Waals surface area contributed by atoms with Crippen LogP contribution in [0.4, 0.5) is 0 Å². The maximum Gasteiger partial charge on any atom is 0.141 e. The summed E-state index contributed by atoms with van der Waals surface area (Å²) in [6.07, 6.45) is 2.72. The molecular formula is C10H19N5. The third-order valence-electron chi connectivity index (χ3n) is 2.81. The lowest BCUT2D eigenvalue weighted by Crippen LogP contribution is -2.27. The third kappa shape index (κ3) is 2.35. The molecule has 15 heavy (non-hydrogen) atoms. The van der Waals surface area contributed by atoms with Crippen LogP contribution >= 0.6 is 0 Å². The summed E-state index contributed by atoms with van der Waals surface area (Å²) in [5.41, 5.74) is 5.87. The molecule has 1 fully saturated rings. The van der Waals surface area contributed by atoms with Gasteiger partial charge in [-0.1, -0.05) is 0 Å². The van der Waals surface area contributed by atoms with Crippen LogP contribution < -0.4 is 5.73 Å². The first kappa shape index (κ1) is 10.6. The Morgan fingerprint density at radius 3 is 3.00 bits per heavy atom. The predicted molar refractivity (Wildman–Crippen MR) is 58.3 cm³/mol. The fourth-order valence-corrected chi connectivity index (χ4v) is 2.02. The van der Waals surface area contributed by atoms with E-state index in [4.69, 9.17) is 5.73 Å². The van der Waals surface area contributed by atoms with Crippen LogP contribution in [0.2, 0.25) is 0 Å². The summed E-state index contributed by atoms with van der Waals surface area (Å²) in [4.78, 5) is 6.64. The molecule has 0 unspecified atom stereocenters. The van der Waals surface area contributed by atoms with Crippen molar-refractivity contribution in [1.82, 2.24) is 19.7 Å². The zero-order chi connectivity index (χ0) is 10.8. The van der Waals surface area contributed by atoms with Gasteiger partial charge in [0.2, 0.25) is 0 Å². The lowest BCUT2D eigenvalue weighted by molar-refractivity contribution is 0.305. The Hall–Kier alpha value is -0.940. The molecule has 5 nitrogen and oxygen atoms in total. The highest BCUT2D eigenvalue weighted by molar-refractivity contribution is 4.89. The van der Waals surface area contributed by atoms with E-state index < -0.39 is 0 Å². The Morgan fingerprint density at radius 2 is 2.40 bits per heavy atom. The molecular weight excluding hydrogens is 190 g/mol. The van der Waals surface area contributed by atoms with E-state index in [1.54, 1.807) is 6.33 Å². The first-order valence-corrected chi connectivity index (χ1v) is 5.53. The van der Waals surface area contributed by atoms with Crippen molar-refractivity contribution in [2.24, 2.45) is 5.73 Å². The minimum absolute atomic E-state index is 0.334. The van der Waals surface area contributed by atoms with Crippen molar-refractivity contribution in [3.8, 4) is 0 Å². The number of nitrogens with two attached hydrogens (primary N) is 1. The highest BCUT2D eigenvalue weighted by Crippen LogP contribution is 2.12. The predicted octanol–water partition coefficient (Wildman–Crippen LogP) is 0.392. The van der Waals surface area contributed by atoms with E-state index in [2.05, 4.69) is 28.8 Å². The summed E-state index contributed by atoms with van der Waals surface area (Å²) in [5.74, 6) is 1.04. The zero-order valence-corrected chi connectivity index (χ0v) is 9.43. The maximum absolute atomic E-state index is 5.87. The molecule has 0 bridgehead atoms. The lowest BCUT2D eigenvalue weighted by Gasteiger charge is -2.16. The summed E-state index contributed by atoms with van der Waals surface area (Å²) in [6.45, 7) is 7.16. The fraction of sp³-hybridized carbons (Fsp3) is 0.800. The highest BCUT2D eigenvalue weighted by Gasteiger charge is 2.21. The van der Waals surface area contributed by atoms with Gasteiger partial charge in [0.1, 0.15) is 12.2 Å². The molecule has 1 aliphatic rings. The van der Waals surface area contributed by atoms with E-state index in [1.807, 2.05) is 4.68 Å². The van der Waals surface area contributed by atoms with Crippen LogP contribution in [-0.2, 0) is 6.54 Å². The van der Waals surface area contributed by atoms with Gasteiger partial charge >= 0.3 is 0 Å². The number of rotatable bonds is 3. The average molecular weight is 209 g/mol. The van der Waals surface area contributed by atoms with Gasteiger partial charge in [-0.15, -0.1) is 0 Å². The number of hydrogen-bond donors (Lipinski definition) is 1. The van der Waals surface area contributed by atoms with Gasteiger partial charge in [-0.05, 0) is 20.3 Å².